The molecule has 3 saturated heterocycles. The fourth-order valence-corrected chi connectivity index (χ4v) is 5.67. The maximum atomic E-state index is 3.91. The van der Waals surface area contributed by atoms with E-state index in [9.17, 15) is 0 Å². The SMILES string of the molecule is C1=CC2CC3CCC(CC4C=CC(CC5CCC(CC1N2)N5)N4)N3. The van der Waals surface area contributed by atoms with Crippen LogP contribution in [0.1, 0.15) is 51.4 Å². The van der Waals surface area contributed by atoms with E-state index >= 15 is 0 Å². The smallest absolute Gasteiger partial charge is 0.0270 e. The van der Waals surface area contributed by atoms with Crippen LogP contribution in [0.25, 0.3) is 0 Å². The van der Waals surface area contributed by atoms with Crippen molar-refractivity contribution in [1.82, 2.24) is 21.3 Å². The first-order valence-corrected chi connectivity index (χ1v) is 10.2. The fraction of sp³-hybridized carbons (Fsp3) is 0.800. The zero-order chi connectivity index (χ0) is 15.9. The van der Waals surface area contributed by atoms with Crippen molar-refractivity contribution in [1.29, 1.82) is 0 Å². The molecule has 0 radical (unpaired) electrons. The summed E-state index contributed by atoms with van der Waals surface area (Å²) in [5.41, 5.74) is 0. The minimum Gasteiger partial charge on any atom is -0.311 e. The van der Waals surface area contributed by atoms with Crippen LogP contribution in [0.3, 0.4) is 0 Å². The quantitative estimate of drug-likeness (QED) is 0.510. The van der Waals surface area contributed by atoms with E-state index in [0.29, 0.717) is 48.3 Å². The van der Waals surface area contributed by atoms with Crippen LogP contribution in [0.5, 0.6) is 0 Å². The second kappa shape index (κ2) is 6.56. The van der Waals surface area contributed by atoms with Gasteiger partial charge in [0.25, 0.3) is 0 Å². The molecule has 0 saturated carbocycles. The number of rotatable bonds is 0. The van der Waals surface area contributed by atoms with E-state index in [1.54, 1.807) is 0 Å². The average Bonchev–Trinajstić information content (AvgIpc) is 3.32. The summed E-state index contributed by atoms with van der Waals surface area (Å²) >= 11 is 0. The Hall–Kier alpha value is -0.680. The molecule has 8 bridgehead atoms. The van der Waals surface area contributed by atoms with Gasteiger partial charge in [-0.1, -0.05) is 24.3 Å². The largest absolute Gasteiger partial charge is 0.311 e. The molecule has 8 unspecified atom stereocenters. The van der Waals surface area contributed by atoms with Gasteiger partial charge in [0.1, 0.15) is 0 Å². The molecule has 0 aliphatic carbocycles. The van der Waals surface area contributed by atoms with E-state index in [0.717, 1.165) is 0 Å². The van der Waals surface area contributed by atoms with E-state index in [-0.39, 0.29) is 0 Å². The first-order chi connectivity index (χ1) is 11.8. The average molecular weight is 329 g/mol. The predicted molar refractivity (Wildman–Crippen MR) is 98.1 cm³/mol. The second-order valence-corrected chi connectivity index (χ2v) is 8.75. The molecule has 4 heteroatoms. The Morgan fingerprint density at radius 3 is 1.00 bits per heavy atom. The van der Waals surface area contributed by atoms with E-state index < -0.39 is 0 Å². The van der Waals surface area contributed by atoms with Crippen molar-refractivity contribution in [3.8, 4) is 0 Å². The summed E-state index contributed by atoms with van der Waals surface area (Å²) in [6.07, 6.45) is 20.1. The van der Waals surface area contributed by atoms with E-state index in [4.69, 9.17) is 0 Å². The molecular formula is C20H32N4. The number of nitrogens with one attached hydrogen (secondary N) is 4. The van der Waals surface area contributed by atoms with Crippen LogP contribution in [0.4, 0.5) is 0 Å². The van der Waals surface area contributed by atoms with Gasteiger partial charge in [0.15, 0.2) is 0 Å². The van der Waals surface area contributed by atoms with Crippen LogP contribution in [0.15, 0.2) is 24.3 Å². The highest BCUT2D eigenvalue weighted by Gasteiger charge is 2.33. The van der Waals surface area contributed by atoms with Crippen molar-refractivity contribution in [3.63, 3.8) is 0 Å². The van der Waals surface area contributed by atoms with E-state index in [1.165, 1.54) is 51.4 Å². The molecule has 0 aromatic rings. The normalized spacial score (nSPS) is 50.7. The Balaban J connectivity index is 1.28. The summed E-state index contributed by atoms with van der Waals surface area (Å²) < 4.78 is 0. The predicted octanol–water partition coefficient (Wildman–Crippen LogP) is 1.59. The number of hydrogen-bond acceptors (Lipinski definition) is 4. The van der Waals surface area contributed by atoms with Gasteiger partial charge in [-0.3, -0.25) is 0 Å². The molecule has 0 aromatic heterocycles. The van der Waals surface area contributed by atoms with Crippen LogP contribution < -0.4 is 21.3 Å². The van der Waals surface area contributed by atoms with Crippen LogP contribution in [-0.4, -0.2) is 48.3 Å². The molecule has 5 heterocycles. The lowest BCUT2D eigenvalue weighted by atomic mass is 10.0. The zero-order valence-electron chi connectivity index (χ0n) is 14.6. The summed E-state index contributed by atoms with van der Waals surface area (Å²) in [6, 6.07) is 5.07. The van der Waals surface area contributed by atoms with Gasteiger partial charge >= 0.3 is 0 Å². The minimum absolute atomic E-state index is 0.574. The number of fused-ring (bicyclic) bond motifs is 8. The van der Waals surface area contributed by atoms with Gasteiger partial charge in [-0.2, -0.15) is 0 Å². The number of hydrogen-bond donors (Lipinski definition) is 4. The van der Waals surface area contributed by atoms with Crippen LogP contribution in [0.2, 0.25) is 0 Å². The van der Waals surface area contributed by atoms with Crippen molar-refractivity contribution in [2.75, 3.05) is 0 Å². The van der Waals surface area contributed by atoms with Gasteiger partial charge in [0, 0.05) is 48.3 Å². The van der Waals surface area contributed by atoms with Crippen molar-refractivity contribution in [2.45, 2.75) is 99.7 Å². The molecule has 0 amide bonds. The monoisotopic (exact) mass is 328 g/mol. The fourth-order valence-electron chi connectivity index (χ4n) is 5.67. The van der Waals surface area contributed by atoms with Gasteiger partial charge in [0.05, 0.1) is 0 Å². The topological polar surface area (TPSA) is 48.1 Å². The third-order valence-electron chi connectivity index (χ3n) is 6.83. The molecule has 132 valence electrons. The highest BCUT2D eigenvalue weighted by Crippen LogP contribution is 2.27. The van der Waals surface area contributed by atoms with Crippen molar-refractivity contribution >= 4 is 0 Å². The standard InChI is InChI=1S/C20H32N4/c1-2-14-10-16-5-6-18(23-16)12-20-8-7-19(24-20)11-17-4-3-15(22-17)9-13(1)21-14/h1-2,7-8,13-24H,3-6,9-12H2. The lowest BCUT2D eigenvalue weighted by Crippen LogP contribution is -2.43. The Morgan fingerprint density at radius 1 is 0.417 bits per heavy atom. The summed E-state index contributed by atoms with van der Waals surface area (Å²) in [7, 11) is 0. The molecule has 8 atom stereocenters. The molecule has 0 aromatic carbocycles. The first kappa shape index (κ1) is 15.6. The van der Waals surface area contributed by atoms with Gasteiger partial charge in [-0.05, 0) is 51.4 Å². The van der Waals surface area contributed by atoms with E-state index in [1.807, 2.05) is 0 Å². The Morgan fingerprint density at radius 2 is 0.708 bits per heavy atom. The highest BCUT2D eigenvalue weighted by atomic mass is 15.1. The molecule has 5 aliphatic heterocycles. The molecule has 5 aliphatic rings. The van der Waals surface area contributed by atoms with Gasteiger partial charge in [-0.15, -0.1) is 0 Å². The Kier molecular flexibility index (Phi) is 4.26. The molecule has 24 heavy (non-hydrogen) atoms. The van der Waals surface area contributed by atoms with Crippen molar-refractivity contribution < 1.29 is 0 Å². The highest BCUT2D eigenvalue weighted by molar-refractivity contribution is 5.13. The maximum Gasteiger partial charge on any atom is 0.0270 e. The lowest BCUT2D eigenvalue weighted by Gasteiger charge is -2.24. The summed E-state index contributed by atoms with van der Waals surface area (Å²) in [5.74, 6) is 0. The van der Waals surface area contributed by atoms with Crippen molar-refractivity contribution in [2.24, 2.45) is 0 Å². The lowest BCUT2D eigenvalue weighted by molar-refractivity contribution is 0.383. The third-order valence-corrected chi connectivity index (χ3v) is 6.83. The third kappa shape index (κ3) is 3.34. The molecular weight excluding hydrogens is 296 g/mol. The van der Waals surface area contributed by atoms with Crippen LogP contribution in [0, 0.1) is 0 Å². The first-order valence-electron chi connectivity index (χ1n) is 10.2. The molecule has 4 nitrogen and oxygen atoms in total. The van der Waals surface area contributed by atoms with Gasteiger partial charge in [-0.25, -0.2) is 0 Å². The summed E-state index contributed by atoms with van der Waals surface area (Å²) in [5, 5.41) is 15.5. The zero-order valence-corrected chi connectivity index (χ0v) is 14.6. The van der Waals surface area contributed by atoms with Gasteiger partial charge in [0.2, 0.25) is 0 Å². The second-order valence-electron chi connectivity index (χ2n) is 8.75. The molecule has 3 fully saturated rings. The van der Waals surface area contributed by atoms with Crippen LogP contribution in [-0.2, 0) is 0 Å². The minimum atomic E-state index is 0.574. The Bertz CT molecular complexity index is 430. The molecule has 0 spiro atoms. The van der Waals surface area contributed by atoms with E-state index in [2.05, 4.69) is 45.6 Å². The summed E-state index contributed by atoms with van der Waals surface area (Å²) in [4.78, 5) is 0. The van der Waals surface area contributed by atoms with Crippen molar-refractivity contribution in [3.05, 3.63) is 24.3 Å². The summed E-state index contributed by atoms with van der Waals surface area (Å²) in [6.45, 7) is 0. The maximum absolute atomic E-state index is 3.91. The van der Waals surface area contributed by atoms with Gasteiger partial charge < -0.3 is 21.3 Å². The van der Waals surface area contributed by atoms with Crippen LogP contribution >= 0.6 is 0 Å². The Labute approximate surface area is 145 Å². The molecule has 4 N–H and O–H groups in total. The molecule has 5 rings (SSSR count).